The standard InChI is InChI=1S/C21H23N3O2/c1-24(19-9-5-7-15-6-3-4-8-18(15)19)14-20-22-21(23-26-20)16-10-12-17(25-2)13-11-16/h3-4,6,8,10-13,19H,5,7,9,14H2,1-2H3. The number of hydrogen-bond donors (Lipinski definition) is 0. The summed E-state index contributed by atoms with van der Waals surface area (Å²) >= 11 is 0. The lowest BCUT2D eigenvalue weighted by atomic mass is 9.87. The lowest BCUT2D eigenvalue weighted by Gasteiger charge is -2.32. The first-order chi connectivity index (χ1) is 12.7. The molecule has 5 heteroatoms. The second kappa shape index (κ2) is 7.30. The van der Waals surface area contributed by atoms with Crippen LogP contribution in [-0.4, -0.2) is 29.2 Å². The first-order valence-corrected chi connectivity index (χ1v) is 8.99. The van der Waals surface area contributed by atoms with Gasteiger partial charge in [-0.3, -0.25) is 4.90 Å². The molecule has 0 saturated heterocycles. The Bertz CT molecular complexity index is 873. The summed E-state index contributed by atoms with van der Waals surface area (Å²) in [5.74, 6) is 2.06. The quantitative estimate of drug-likeness (QED) is 0.689. The van der Waals surface area contributed by atoms with Crippen LogP contribution in [0.1, 0.15) is 35.9 Å². The molecule has 0 saturated carbocycles. The molecule has 0 bridgehead atoms. The van der Waals surface area contributed by atoms with Crippen molar-refractivity contribution < 1.29 is 9.26 Å². The van der Waals surface area contributed by atoms with Gasteiger partial charge in [-0.15, -0.1) is 0 Å². The summed E-state index contributed by atoms with van der Waals surface area (Å²) in [5.41, 5.74) is 3.81. The third kappa shape index (κ3) is 3.35. The highest BCUT2D eigenvalue weighted by Crippen LogP contribution is 2.34. The predicted molar refractivity (Wildman–Crippen MR) is 99.9 cm³/mol. The second-order valence-electron chi connectivity index (χ2n) is 6.76. The fourth-order valence-electron chi connectivity index (χ4n) is 3.69. The summed E-state index contributed by atoms with van der Waals surface area (Å²) in [4.78, 5) is 6.88. The Morgan fingerprint density at radius 3 is 2.77 bits per heavy atom. The van der Waals surface area contributed by atoms with E-state index in [1.807, 2.05) is 24.3 Å². The monoisotopic (exact) mass is 349 g/mol. The first-order valence-electron chi connectivity index (χ1n) is 8.99. The molecule has 0 N–H and O–H groups in total. The van der Waals surface area contributed by atoms with Crippen LogP contribution < -0.4 is 4.74 Å². The smallest absolute Gasteiger partial charge is 0.241 e. The maximum absolute atomic E-state index is 5.49. The molecule has 1 aliphatic carbocycles. The van der Waals surface area contributed by atoms with Gasteiger partial charge >= 0.3 is 0 Å². The number of aromatic nitrogens is 2. The van der Waals surface area contributed by atoms with E-state index in [1.54, 1.807) is 7.11 Å². The van der Waals surface area contributed by atoms with Gasteiger partial charge in [-0.25, -0.2) is 0 Å². The van der Waals surface area contributed by atoms with Crippen molar-refractivity contribution >= 4 is 0 Å². The molecule has 1 atom stereocenters. The zero-order chi connectivity index (χ0) is 17.9. The average Bonchev–Trinajstić information content (AvgIpc) is 3.16. The van der Waals surface area contributed by atoms with Gasteiger partial charge in [-0.05, 0) is 61.7 Å². The second-order valence-corrected chi connectivity index (χ2v) is 6.76. The molecule has 1 aromatic heterocycles. The van der Waals surface area contributed by atoms with Crippen LogP contribution >= 0.6 is 0 Å². The molecule has 26 heavy (non-hydrogen) atoms. The van der Waals surface area contributed by atoms with Gasteiger partial charge in [0.15, 0.2) is 0 Å². The highest BCUT2D eigenvalue weighted by molar-refractivity contribution is 5.55. The van der Waals surface area contributed by atoms with E-state index in [-0.39, 0.29) is 0 Å². The van der Waals surface area contributed by atoms with E-state index in [0.29, 0.717) is 24.3 Å². The molecule has 2 aromatic carbocycles. The molecule has 5 nitrogen and oxygen atoms in total. The number of nitrogens with zero attached hydrogens (tertiary/aromatic N) is 3. The van der Waals surface area contributed by atoms with E-state index in [1.165, 1.54) is 24.0 Å². The van der Waals surface area contributed by atoms with Gasteiger partial charge in [-0.2, -0.15) is 4.98 Å². The van der Waals surface area contributed by atoms with Crippen LogP contribution in [0.4, 0.5) is 0 Å². The van der Waals surface area contributed by atoms with Crippen molar-refractivity contribution in [2.75, 3.05) is 14.2 Å². The van der Waals surface area contributed by atoms with Gasteiger partial charge in [0, 0.05) is 11.6 Å². The third-order valence-electron chi connectivity index (χ3n) is 5.07. The number of benzene rings is 2. The maximum atomic E-state index is 5.49. The van der Waals surface area contributed by atoms with E-state index < -0.39 is 0 Å². The molecular formula is C21H23N3O2. The van der Waals surface area contributed by atoms with Crippen LogP contribution in [-0.2, 0) is 13.0 Å². The van der Waals surface area contributed by atoms with Gasteiger partial charge < -0.3 is 9.26 Å². The van der Waals surface area contributed by atoms with Gasteiger partial charge in [0.1, 0.15) is 5.75 Å². The number of hydrogen-bond acceptors (Lipinski definition) is 5. The Morgan fingerprint density at radius 2 is 1.96 bits per heavy atom. The Kier molecular flexibility index (Phi) is 4.71. The Labute approximate surface area is 153 Å². The van der Waals surface area contributed by atoms with Crippen molar-refractivity contribution in [3.05, 3.63) is 65.5 Å². The van der Waals surface area contributed by atoms with E-state index in [0.717, 1.165) is 17.7 Å². The molecular weight excluding hydrogens is 326 g/mol. The molecule has 134 valence electrons. The van der Waals surface area contributed by atoms with Crippen molar-refractivity contribution in [1.82, 2.24) is 15.0 Å². The topological polar surface area (TPSA) is 51.4 Å². The zero-order valence-corrected chi connectivity index (χ0v) is 15.2. The normalized spacial score (nSPS) is 16.5. The summed E-state index contributed by atoms with van der Waals surface area (Å²) in [5, 5.41) is 4.13. The number of ether oxygens (including phenoxy) is 1. The largest absolute Gasteiger partial charge is 0.497 e. The third-order valence-corrected chi connectivity index (χ3v) is 5.07. The molecule has 1 aliphatic rings. The van der Waals surface area contributed by atoms with Gasteiger partial charge in [0.05, 0.1) is 13.7 Å². The van der Waals surface area contributed by atoms with Crippen molar-refractivity contribution in [2.45, 2.75) is 31.8 Å². The van der Waals surface area contributed by atoms with Gasteiger partial charge in [-0.1, -0.05) is 29.4 Å². The van der Waals surface area contributed by atoms with Crippen LogP contribution in [0.2, 0.25) is 0 Å². The summed E-state index contributed by atoms with van der Waals surface area (Å²) in [7, 11) is 3.78. The van der Waals surface area contributed by atoms with Crippen molar-refractivity contribution in [3.8, 4) is 17.1 Å². The van der Waals surface area contributed by atoms with Gasteiger partial charge in [0.25, 0.3) is 0 Å². The highest BCUT2D eigenvalue weighted by atomic mass is 16.5. The number of fused-ring (bicyclic) bond motifs is 1. The molecule has 0 aliphatic heterocycles. The van der Waals surface area contributed by atoms with E-state index in [4.69, 9.17) is 9.26 Å². The Morgan fingerprint density at radius 1 is 1.15 bits per heavy atom. The lowest BCUT2D eigenvalue weighted by Crippen LogP contribution is -2.27. The molecule has 1 unspecified atom stereocenters. The van der Waals surface area contributed by atoms with Gasteiger partial charge in [0.2, 0.25) is 11.7 Å². The van der Waals surface area contributed by atoms with Crippen LogP contribution in [0.25, 0.3) is 11.4 Å². The van der Waals surface area contributed by atoms with Crippen molar-refractivity contribution in [2.24, 2.45) is 0 Å². The first kappa shape index (κ1) is 16.8. The molecule has 1 heterocycles. The Balaban J connectivity index is 1.49. The van der Waals surface area contributed by atoms with Crippen LogP contribution in [0.5, 0.6) is 5.75 Å². The van der Waals surface area contributed by atoms with E-state index in [9.17, 15) is 0 Å². The lowest BCUT2D eigenvalue weighted by molar-refractivity contribution is 0.187. The Hall–Kier alpha value is -2.66. The van der Waals surface area contributed by atoms with Crippen LogP contribution in [0.3, 0.4) is 0 Å². The maximum Gasteiger partial charge on any atom is 0.241 e. The summed E-state index contributed by atoms with van der Waals surface area (Å²) in [6.45, 7) is 0.641. The molecule has 3 aromatic rings. The predicted octanol–water partition coefficient (Wildman–Crippen LogP) is 4.25. The number of methoxy groups -OCH3 is 1. The molecule has 0 radical (unpaired) electrons. The molecule has 4 rings (SSSR count). The number of rotatable bonds is 5. The summed E-state index contributed by atoms with van der Waals surface area (Å²) in [6, 6.07) is 16.8. The SMILES string of the molecule is COc1ccc(-c2noc(CN(C)C3CCCc4ccccc43)n2)cc1. The van der Waals surface area contributed by atoms with E-state index in [2.05, 4.69) is 46.4 Å². The van der Waals surface area contributed by atoms with Crippen LogP contribution in [0, 0.1) is 0 Å². The average molecular weight is 349 g/mol. The highest BCUT2D eigenvalue weighted by Gasteiger charge is 2.24. The van der Waals surface area contributed by atoms with Crippen molar-refractivity contribution in [3.63, 3.8) is 0 Å². The summed E-state index contributed by atoms with van der Waals surface area (Å²) in [6.07, 6.45) is 3.54. The number of aryl methyl sites for hydroxylation is 1. The minimum atomic E-state index is 0.399. The zero-order valence-electron chi connectivity index (χ0n) is 15.2. The summed E-state index contributed by atoms with van der Waals surface area (Å²) < 4.78 is 10.7. The minimum absolute atomic E-state index is 0.399. The molecule has 0 fully saturated rings. The molecule has 0 amide bonds. The molecule has 0 spiro atoms. The van der Waals surface area contributed by atoms with Crippen LogP contribution in [0.15, 0.2) is 53.1 Å². The minimum Gasteiger partial charge on any atom is -0.497 e. The fourth-order valence-corrected chi connectivity index (χ4v) is 3.69. The van der Waals surface area contributed by atoms with E-state index >= 15 is 0 Å². The fraction of sp³-hybridized carbons (Fsp3) is 0.333. The van der Waals surface area contributed by atoms with Crippen molar-refractivity contribution in [1.29, 1.82) is 0 Å².